The molecule has 0 aliphatic heterocycles. The molecule has 0 saturated heterocycles. The van der Waals surface area contributed by atoms with Crippen molar-refractivity contribution in [2.24, 2.45) is 11.3 Å². The van der Waals surface area contributed by atoms with E-state index in [4.69, 9.17) is 5.84 Å². The lowest BCUT2D eigenvalue weighted by atomic mass is 9.88. The molecular formula is C13H21N5S. The van der Waals surface area contributed by atoms with E-state index in [0.717, 1.165) is 16.0 Å². The van der Waals surface area contributed by atoms with Gasteiger partial charge in [-0.2, -0.15) is 4.98 Å². The number of thiophene rings is 1. The third-order valence-corrected chi connectivity index (χ3v) is 4.24. The lowest BCUT2D eigenvalue weighted by molar-refractivity contribution is 0.359. The Morgan fingerprint density at radius 2 is 2.00 bits per heavy atom. The molecule has 0 radical (unpaired) electrons. The van der Waals surface area contributed by atoms with Gasteiger partial charge < -0.3 is 5.32 Å². The van der Waals surface area contributed by atoms with Crippen LogP contribution in [-0.4, -0.2) is 16.0 Å². The summed E-state index contributed by atoms with van der Waals surface area (Å²) in [5.41, 5.74) is 2.68. The average Bonchev–Trinajstić information content (AvgIpc) is 2.68. The molecule has 5 nitrogen and oxygen atoms in total. The number of nitrogen functional groups attached to an aromatic ring is 1. The molecule has 6 heteroatoms. The first-order valence-electron chi connectivity index (χ1n) is 6.32. The van der Waals surface area contributed by atoms with E-state index in [-0.39, 0.29) is 11.5 Å². The van der Waals surface area contributed by atoms with Crippen LogP contribution in [0.25, 0.3) is 10.2 Å². The van der Waals surface area contributed by atoms with Crippen LogP contribution in [0.15, 0.2) is 6.07 Å². The maximum atomic E-state index is 5.43. The van der Waals surface area contributed by atoms with Crippen molar-refractivity contribution < 1.29 is 0 Å². The van der Waals surface area contributed by atoms with Crippen molar-refractivity contribution in [2.45, 2.75) is 40.7 Å². The van der Waals surface area contributed by atoms with Crippen molar-refractivity contribution in [2.75, 3.05) is 10.7 Å². The Morgan fingerprint density at radius 1 is 1.32 bits per heavy atom. The Bertz CT molecular complexity index is 584. The highest BCUT2D eigenvalue weighted by atomic mass is 32.1. The first kappa shape index (κ1) is 14.0. The summed E-state index contributed by atoms with van der Waals surface area (Å²) in [7, 11) is 0. The van der Waals surface area contributed by atoms with E-state index in [1.165, 1.54) is 4.88 Å². The molecule has 2 aromatic heterocycles. The first-order chi connectivity index (χ1) is 8.81. The van der Waals surface area contributed by atoms with E-state index < -0.39 is 0 Å². The van der Waals surface area contributed by atoms with Crippen molar-refractivity contribution in [1.82, 2.24) is 9.97 Å². The SMILES string of the molecule is Cc1cc2c(NC(C)C(C)(C)C)nc(NN)nc2s1. The van der Waals surface area contributed by atoms with Gasteiger partial charge in [0.1, 0.15) is 10.6 Å². The normalized spacial score (nSPS) is 13.6. The second-order valence-corrected chi connectivity index (χ2v) is 7.08. The van der Waals surface area contributed by atoms with Gasteiger partial charge in [-0.15, -0.1) is 11.3 Å². The Hall–Kier alpha value is -1.40. The molecule has 0 aliphatic rings. The van der Waals surface area contributed by atoms with Crippen LogP contribution in [0.4, 0.5) is 11.8 Å². The van der Waals surface area contributed by atoms with Crippen molar-refractivity contribution in [3.05, 3.63) is 10.9 Å². The monoisotopic (exact) mass is 279 g/mol. The highest BCUT2D eigenvalue weighted by Crippen LogP contribution is 2.31. The number of hydrogen-bond acceptors (Lipinski definition) is 6. The fraction of sp³-hybridized carbons (Fsp3) is 0.538. The summed E-state index contributed by atoms with van der Waals surface area (Å²) < 4.78 is 0. The first-order valence-corrected chi connectivity index (χ1v) is 7.14. The quantitative estimate of drug-likeness (QED) is 0.594. The lowest BCUT2D eigenvalue weighted by Crippen LogP contribution is -2.31. The summed E-state index contributed by atoms with van der Waals surface area (Å²) in [6, 6.07) is 2.40. The van der Waals surface area contributed by atoms with Crippen LogP contribution in [0.3, 0.4) is 0 Å². The predicted octanol–water partition coefficient (Wildman–Crippen LogP) is 3.13. The van der Waals surface area contributed by atoms with E-state index >= 15 is 0 Å². The van der Waals surface area contributed by atoms with Gasteiger partial charge in [0.05, 0.1) is 5.39 Å². The number of rotatable bonds is 3. The summed E-state index contributed by atoms with van der Waals surface area (Å²) in [6.45, 7) is 10.8. The molecule has 0 saturated carbocycles. The minimum absolute atomic E-state index is 0.151. The molecule has 104 valence electrons. The smallest absolute Gasteiger partial charge is 0.240 e. The minimum Gasteiger partial charge on any atom is -0.366 e. The second-order valence-electron chi connectivity index (χ2n) is 5.85. The van der Waals surface area contributed by atoms with E-state index in [0.29, 0.717) is 5.95 Å². The van der Waals surface area contributed by atoms with Gasteiger partial charge in [-0.05, 0) is 25.3 Å². The lowest BCUT2D eigenvalue weighted by Gasteiger charge is -2.28. The van der Waals surface area contributed by atoms with Crippen molar-refractivity contribution in [3.63, 3.8) is 0 Å². The van der Waals surface area contributed by atoms with Crippen LogP contribution in [0.1, 0.15) is 32.6 Å². The number of hydrogen-bond donors (Lipinski definition) is 3. The molecule has 0 bridgehead atoms. The van der Waals surface area contributed by atoms with E-state index in [9.17, 15) is 0 Å². The molecule has 0 amide bonds. The molecule has 1 atom stereocenters. The predicted molar refractivity (Wildman–Crippen MR) is 82.5 cm³/mol. The summed E-state index contributed by atoms with van der Waals surface area (Å²) >= 11 is 1.64. The zero-order chi connectivity index (χ0) is 14.2. The second kappa shape index (κ2) is 4.94. The zero-order valence-corrected chi connectivity index (χ0v) is 12.9. The number of nitrogens with two attached hydrogens (primary N) is 1. The molecule has 2 aromatic rings. The van der Waals surface area contributed by atoms with E-state index in [1.807, 2.05) is 0 Å². The van der Waals surface area contributed by atoms with Crippen LogP contribution >= 0.6 is 11.3 Å². The third-order valence-electron chi connectivity index (χ3n) is 3.30. The number of fused-ring (bicyclic) bond motifs is 1. The summed E-state index contributed by atoms with van der Waals surface area (Å²) in [6.07, 6.45) is 0. The fourth-order valence-corrected chi connectivity index (χ4v) is 2.52. The minimum atomic E-state index is 0.151. The molecular weight excluding hydrogens is 258 g/mol. The number of nitrogens with one attached hydrogen (secondary N) is 2. The summed E-state index contributed by atoms with van der Waals surface area (Å²) in [5, 5.41) is 4.53. The van der Waals surface area contributed by atoms with Gasteiger partial charge >= 0.3 is 0 Å². The molecule has 1 unspecified atom stereocenters. The summed E-state index contributed by atoms with van der Waals surface area (Å²) in [4.78, 5) is 11.0. The van der Waals surface area contributed by atoms with Gasteiger partial charge in [0.2, 0.25) is 5.95 Å². The molecule has 0 spiro atoms. The van der Waals surface area contributed by atoms with Gasteiger partial charge in [-0.1, -0.05) is 20.8 Å². The fourth-order valence-electron chi connectivity index (χ4n) is 1.64. The van der Waals surface area contributed by atoms with Crippen molar-refractivity contribution in [1.29, 1.82) is 0 Å². The highest BCUT2D eigenvalue weighted by Gasteiger charge is 2.21. The number of aromatic nitrogens is 2. The number of aryl methyl sites for hydroxylation is 1. The molecule has 4 N–H and O–H groups in total. The van der Waals surface area contributed by atoms with Crippen LogP contribution in [0.2, 0.25) is 0 Å². The van der Waals surface area contributed by atoms with Crippen LogP contribution in [-0.2, 0) is 0 Å². The van der Waals surface area contributed by atoms with Gasteiger partial charge in [-0.3, -0.25) is 5.43 Å². The van der Waals surface area contributed by atoms with Crippen molar-refractivity contribution in [3.8, 4) is 0 Å². The van der Waals surface area contributed by atoms with Gasteiger partial charge in [0.15, 0.2) is 0 Å². The maximum Gasteiger partial charge on any atom is 0.240 e. The highest BCUT2D eigenvalue weighted by molar-refractivity contribution is 7.18. The Morgan fingerprint density at radius 3 is 2.58 bits per heavy atom. The van der Waals surface area contributed by atoms with E-state index in [1.54, 1.807) is 11.3 Å². The number of hydrazine groups is 1. The largest absolute Gasteiger partial charge is 0.366 e. The van der Waals surface area contributed by atoms with Crippen molar-refractivity contribution >= 4 is 33.3 Å². The molecule has 0 aliphatic carbocycles. The zero-order valence-electron chi connectivity index (χ0n) is 12.0. The summed E-state index contributed by atoms with van der Waals surface area (Å²) in [5.74, 6) is 6.72. The van der Waals surface area contributed by atoms with Gasteiger partial charge in [0, 0.05) is 10.9 Å². The number of nitrogens with zero attached hydrogens (tertiary/aromatic N) is 2. The molecule has 2 rings (SSSR count). The standard InChI is InChI=1S/C13H21N5S/c1-7-6-9-10(15-8(2)13(3,4)5)16-12(18-14)17-11(9)19-7/h6,8H,14H2,1-5H3,(H2,15,16,17,18). The Balaban J connectivity index is 2.46. The van der Waals surface area contributed by atoms with Crippen LogP contribution in [0, 0.1) is 12.3 Å². The molecule has 0 fully saturated rings. The average molecular weight is 279 g/mol. The van der Waals surface area contributed by atoms with Gasteiger partial charge in [-0.25, -0.2) is 10.8 Å². The molecule has 2 heterocycles. The third kappa shape index (κ3) is 2.96. The van der Waals surface area contributed by atoms with E-state index in [2.05, 4.69) is 61.4 Å². The maximum absolute atomic E-state index is 5.43. The Labute approximate surface area is 117 Å². The molecule has 0 aromatic carbocycles. The topological polar surface area (TPSA) is 75.9 Å². The molecule has 19 heavy (non-hydrogen) atoms. The van der Waals surface area contributed by atoms with Gasteiger partial charge in [0.25, 0.3) is 0 Å². The van der Waals surface area contributed by atoms with Crippen LogP contribution < -0.4 is 16.6 Å². The Kier molecular flexibility index (Phi) is 3.64. The number of anilines is 2. The van der Waals surface area contributed by atoms with Crippen LogP contribution in [0.5, 0.6) is 0 Å².